The van der Waals surface area contributed by atoms with Crippen molar-refractivity contribution in [1.82, 2.24) is 19.3 Å². The lowest BCUT2D eigenvalue weighted by Crippen LogP contribution is -2.47. The first-order valence-electron chi connectivity index (χ1n) is 10.3. The Morgan fingerprint density at radius 1 is 1.00 bits per heavy atom. The number of hydrogen-bond acceptors (Lipinski definition) is 5. The van der Waals surface area contributed by atoms with Crippen molar-refractivity contribution in [2.24, 2.45) is 0 Å². The average molecular weight is 440 g/mol. The molecule has 9 heteroatoms. The van der Waals surface area contributed by atoms with Crippen LogP contribution in [0.2, 0.25) is 0 Å². The predicted octanol–water partition coefficient (Wildman–Crippen LogP) is 3.47. The van der Waals surface area contributed by atoms with E-state index in [1.807, 2.05) is 44.2 Å². The highest BCUT2D eigenvalue weighted by Gasteiger charge is 2.35. The Morgan fingerprint density at radius 2 is 1.65 bits per heavy atom. The van der Waals surface area contributed by atoms with E-state index in [1.165, 1.54) is 23.1 Å². The van der Waals surface area contributed by atoms with E-state index in [2.05, 4.69) is 15.5 Å². The van der Waals surface area contributed by atoms with Crippen molar-refractivity contribution in [3.8, 4) is 5.69 Å². The van der Waals surface area contributed by atoms with Crippen LogP contribution in [0, 0.1) is 0 Å². The van der Waals surface area contributed by atoms with Crippen LogP contribution in [0.25, 0.3) is 5.69 Å². The van der Waals surface area contributed by atoms with Crippen LogP contribution in [0.1, 0.15) is 43.6 Å². The van der Waals surface area contributed by atoms with Gasteiger partial charge in [-0.15, -0.1) is 5.10 Å². The SMILES string of the molecule is CC1CCCC(C)N1S(=O)(=O)c1ccc(NC(=O)c2cnn(-c3ccccc3)n2)cc1. The van der Waals surface area contributed by atoms with Crippen molar-refractivity contribution in [2.45, 2.75) is 50.1 Å². The zero-order valence-corrected chi connectivity index (χ0v) is 18.3. The van der Waals surface area contributed by atoms with Crippen molar-refractivity contribution >= 4 is 21.6 Å². The lowest BCUT2D eigenvalue weighted by atomic mass is 10.0. The molecule has 3 aromatic rings. The molecule has 162 valence electrons. The zero-order valence-electron chi connectivity index (χ0n) is 17.5. The Bertz CT molecular complexity index is 1150. The number of nitrogens with zero attached hydrogens (tertiary/aromatic N) is 4. The molecule has 0 saturated carbocycles. The Morgan fingerprint density at radius 3 is 2.29 bits per heavy atom. The quantitative estimate of drug-likeness (QED) is 0.657. The van der Waals surface area contributed by atoms with Gasteiger partial charge in [0.05, 0.1) is 16.8 Å². The van der Waals surface area contributed by atoms with Gasteiger partial charge in [0.2, 0.25) is 10.0 Å². The van der Waals surface area contributed by atoms with E-state index in [0.29, 0.717) is 5.69 Å². The Labute approximate surface area is 181 Å². The molecule has 2 unspecified atom stereocenters. The van der Waals surface area contributed by atoms with Crippen molar-refractivity contribution in [3.63, 3.8) is 0 Å². The van der Waals surface area contributed by atoms with Gasteiger partial charge in [0.1, 0.15) is 0 Å². The van der Waals surface area contributed by atoms with Gasteiger partial charge in [-0.25, -0.2) is 8.42 Å². The first kappa shape index (κ1) is 21.2. The number of piperidine rings is 1. The maximum absolute atomic E-state index is 13.1. The lowest BCUT2D eigenvalue weighted by Gasteiger charge is -2.37. The molecule has 0 bridgehead atoms. The smallest absolute Gasteiger partial charge is 0.277 e. The number of anilines is 1. The van der Waals surface area contributed by atoms with Crippen LogP contribution >= 0.6 is 0 Å². The molecule has 1 aromatic heterocycles. The summed E-state index contributed by atoms with van der Waals surface area (Å²) in [4.78, 5) is 14.1. The molecule has 1 saturated heterocycles. The van der Waals surface area contributed by atoms with Crippen LogP contribution < -0.4 is 5.32 Å². The van der Waals surface area contributed by atoms with E-state index in [1.54, 1.807) is 16.4 Å². The Balaban J connectivity index is 1.47. The molecule has 2 heterocycles. The number of para-hydroxylation sites is 1. The summed E-state index contributed by atoms with van der Waals surface area (Å²) in [5.74, 6) is -0.420. The third-order valence-corrected chi connectivity index (χ3v) is 7.65. The highest BCUT2D eigenvalue weighted by atomic mass is 32.2. The standard InChI is InChI=1S/C22H25N5O3S/c1-16-7-6-8-17(2)26(16)31(29,30)20-13-11-18(12-14-20)24-22(28)21-15-23-27(25-21)19-9-4-3-5-10-19/h3-5,9-17H,6-8H2,1-2H3,(H,24,28). The van der Waals surface area contributed by atoms with Gasteiger partial charge in [-0.2, -0.15) is 14.2 Å². The predicted molar refractivity (Wildman–Crippen MR) is 118 cm³/mol. The highest BCUT2D eigenvalue weighted by molar-refractivity contribution is 7.89. The third-order valence-electron chi connectivity index (χ3n) is 5.51. The Hall–Kier alpha value is -3.04. The van der Waals surface area contributed by atoms with Gasteiger partial charge in [0.15, 0.2) is 5.69 Å². The van der Waals surface area contributed by atoms with Crippen LogP contribution in [-0.2, 0) is 10.0 Å². The second kappa shape index (κ2) is 8.60. The maximum Gasteiger partial charge on any atom is 0.277 e. The van der Waals surface area contributed by atoms with E-state index in [-0.39, 0.29) is 22.7 Å². The summed E-state index contributed by atoms with van der Waals surface area (Å²) in [5, 5.41) is 11.1. The van der Waals surface area contributed by atoms with Crippen molar-refractivity contribution in [3.05, 3.63) is 66.5 Å². The Kier molecular flexibility index (Phi) is 5.88. The number of benzene rings is 2. The highest BCUT2D eigenvalue weighted by Crippen LogP contribution is 2.30. The minimum atomic E-state index is -3.59. The molecule has 1 fully saturated rings. The number of aromatic nitrogens is 3. The summed E-state index contributed by atoms with van der Waals surface area (Å²) in [6.45, 7) is 3.90. The van der Waals surface area contributed by atoms with Gasteiger partial charge in [0.25, 0.3) is 5.91 Å². The van der Waals surface area contributed by atoms with Crippen molar-refractivity contribution in [2.75, 3.05) is 5.32 Å². The van der Waals surface area contributed by atoms with E-state index >= 15 is 0 Å². The number of rotatable bonds is 5. The molecule has 1 N–H and O–H groups in total. The van der Waals surface area contributed by atoms with E-state index in [0.717, 1.165) is 24.9 Å². The maximum atomic E-state index is 13.1. The van der Waals surface area contributed by atoms with Gasteiger partial charge in [-0.1, -0.05) is 24.6 Å². The summed E-state index contributed by atoms with van der Waals surface area (Å²) in [6, 6.07) is 15.5. The molecular weight excluding hydrogens is 414 g/mol. The van der Waals surface area contributed by atoms with Gasteiger partial charge in [-0.3, -0.25) is 4.79 Å². The van der Waals surface area contributed by atoms with Crippen molar-refractivity contribution in [1.29, 1.82) is 0 Å². The molecule has 31 heavy (non-hydrogen) atoms. The molecule has 1 amide bonds. The zero-order chi connectivity index (χ0) is 22.0. The van der Waals surface area contributed by atoms with Crippen LogP contribution in [0.3, 0.4) is 0 Å². The fourth-order valence-electron chi connectivity index (χ4n) is 3.95. The third kappa shape index (κ3) is 4.38. The summed E-state index contributed by atoms with van der Waals surface area (Å²) in [5.41, 5.74) is 1.40. The molecule has 1 aliphatic heterocycles. The van der Waals surface area contributed by atoms with Gasteiger partial charge in [0, 0.05) is 17.8 Å². The normalized spacial score (nSPS) is 19.8. The number of sulfonamides is 1. The van der Waals surface area contributed by atoms with Crippen molar-refractivity contribution < 1.29 is 13.2 Å². The summed E-state index contributed by atoms with van der Waals surface area (Å²) >= 11 is 0. The van der Waals surface area contributed by atoms with Crippen LogP contribution in [0.15, 0.2) is 65.7 Å². The number of amides is 1. The summed E-state index contributed by atoms with van der Waals surface area (Å²) < 4.78 is 27.8. The van der Waals surface area contributed by atoms with Crippen LogP contribution in [0.5, 0.6) is 0 Å². The van der Waals surface area contributed by atoms with E-state index in [4.69, 9.17) is 0 Å². The number of carbonyl (C=O) groups is 1. The first-order valence-corrected chi connectivity index (χ1v) is 11.7. The molecule has 2 atom stereocenters. The second-order valence-corrected chi connectivity index (χ2v) is 9.64. The first-order chi connectivity index (χ1) is 14.9. The molecule has 8 nitrogen and oxygen atoms in total. The minimum Gasteiger partial charge on any atom is -0.321 e. The molecule has 0 spiro atoms. The summed E-state index contributed by atoms with van der Waals surface area (Å²) in [7, 11) is -3.59. The van der Waals surface area contributed by atoms with Crippen LogP contribution in [0.4, 0.5) is 5.69 Å². The molecular formula is C22H25N5O3S. The molecule has 4 rings (SSSR count). The molecule has 0 aliphatic carbocycles. The van der Waals surface area contributed by atoms with Gasteiger partial charge in [-0.05, 0) is 63.1 Å². The fraction of sp³-hybridized carbons (Fsp3) is 0.318. The average Bonchev–Trinajstić information content (AvgIpc) is 3.25. The van der Waals surface area contributed by atoms with Crippen LogP contribution in [-0.4, -0.2) is 45.7 Å². The van der Waals surface area contributed by atoms with E-state index < -0.39 is 15.9 Å². The lowest BCUT2D eigenvalue weighted by molar-refractivity contribution is 0.102. The van der Waals surface area contributed by atoms with Gasteiger partial charge < -0.3 is 5.32 Å². The fourth-order valence-corrected chi connectivity index (χ4v) is 5.83. The molecule has 1 aliphatic rings. The topological polar surface area (TPSA) is 97.2 Å². The number of nitrogens with one attached hydrogen (secondary N) is 1. The number of hydrogen-bond donors (Lipinski definition) is 1. The number of carbonyl (C=O) groups excluding carboxylic acids is 1. The molecule has 0 radical (unpaired) electrons. The van der Waals surface area contributed by atoms with Gasteiger partial charge >= 0.3 is 0 Å². The molecule has 2 aromatic carbocycles. The minimum absolute atomic E-state index is 0.0274. The monoisotopic (exact) mass is 439 g/mol. The largest absolute Gasteiger partial charge is 0.321 e. The second-order valence-electron chi connectivity index (χ2n) is 7.80. The van der Waals surface area contributed by atoms with E-state index in [9.17, 15) is 13.2 Å². The summed E-state index contributed by atoms with van der Waals surface area (Å²) in [6.07, 6.45) is 4.15.